The number of hydrogen-bond donors (Lipinski definition) is 2. The van der Waals surface area contributed by atoms with Crippen molar-refractivity contribution in [2.75, 3.05) is 18.5 Å². The Labute approximate surface area is 252 Å². The van der Waals surface area contributed by atoms with Crippen molar-refractivity contribution < 1.29 is 14.3 Å². The van der Waals surface area contributed by atoms with Gasteiger partial charge in [0.1, 0.15) is 0 Å². The number of esters is 1. The summed E-state index contributed by atoms with van der Waals surface area (Å²) in [6.07, 6.45) is 12.3. The van der Waals surface area contributed by atoms with Crippen molar-refractivity contribution in [1.82, 2.24) is 9.88 Å². The van der Waals surface area contributed by atoms with E-state index in [2.05, 4.69) is 48.1 Å². The fourth-order valence-corrected chi connectivity index (χ4v) is 6.68. The summed E-state index contributed by atoms with van der Waals surface area (Å²) in [5.41, 5.74) is 6.18. The Morgan fingerprint density at radius 3 is 2.38 bits per heavy atom. The zero-order valence-electron chi connectivity index (χ0n) is 26.5. The third kappa shape index (κ3) is 7.44. The molecule has 0 radical (unpaired) electrons. The van der Waals surface area contributed by atoms with Crippen LogP contribution in [-0.4, -0.2) is 47.0 Å². The quantitative estimate of drug-likeness (QED) is 0.179. The second-order valence-corrected chi connectivity index (χ2v) is 11.8. The summed E-state index contributed by atoms with van der Waals surface area (Å²) >= 11 is 0. The fourth-order valence-electron chi connectivity index (χ4n) is 6.68. The number of nitrogens with one attached hydrogen (secondary N) is 2. The first-order valence-electron chi connectivity index (χ1n) is 16.4. The van der Waals surface area contributed by atoms with Gasteiger partial charge >= 0.3 is 5.97 Å². The topological polar surface area (TPSA) is 74.4 Å². The summed E-state index contributed by atoms with van der Waals surface area (Å²) in [4.78, 5) is 32.8. The minimum absolute atomic E-state index is 0.299. The number of aromatic nitrogens is 1. The number of H-pyrrole nitrogens is 1. The van der Waals surface area contributed by atoms with Gasteiger partial charge in [-0.15, -0.1) is 0 Å². The minimum atomic E-state index is -0.450. The lowest BCUT2D eigenvalue weighted by molar-refractivity contribution is 0.0502. The van der Waals surface area contributed by atoms with Gasteiger partial charge in [0.15, 0.2) is 0 Å². The molecule has 0 bridgehead atoms. The maximum Gasteiger partial charge on any atom is 0.338 e. The lowest BCUT2D eigenvalue weighted by Gasteiger charge is -2.36. The first-order valence-corrected chi connectivity index (χ1v) is 16.4. The van der Waals surface area contributed by atoms with Crippen molar-refractivity contribution in [3.05, 3.63) is 64.3 Å². The van der Waals surface area contributed by atoms with E-state index in [1.165, 1.54) is 55.2 Å². The maximum atomic E-state index is 13.5. The Morgan fingerprint density at radius 1 is 0.952 bits per heavy atom. The molecule has 1 amide bonds. The molecule has 42 heavy (non-hydrogen) atoms. The largest absolute Gasteiger partial charge is 0.462 e. The number of carbonyl (C=O) groups is 2. The maximum absolute atomic E-state index is 13.5. The molecule has 0 atom stereocenters. The van der Waals surface area contributed by atoms with Crippen molar-refractivity contribution in [1.29, 1.82) is 0 Å². The summed E-state index contributed by atoms with van der Waals surface area (Å²) in [5, 5.41) is 4.26. The van der Waals surface area contributed by atoms with Gasteiger partial charge in [-0.2, -0.15) is 0 Å². The Morgan fingerprint density at radius 2 is 1.71 bits per heavy atom. The molecular weight excluding hydrogens is 522 g/mol. The number of fused-ring (bicyclic) bond motifs is 1. The molecule has 1 fully saturated rings. The number of anilines is 1. The van der Waals surface area contributed by atoms with E-state index < -0.39 is 5.97 Å². The molecule has 3 aromatic rings. The smallest absolute Gasteiger partial charge is 0.338 e. The molecule has 0 unspecified atom stereocenters. The SMILES string of the molecule is CCCOC(=O)c1cc(CC)ccc1C(=O)Nc1ccc2[nH]c(CCC)c(CCN(C(CC)CC)C3CCCC3)c2c1. The van der Waals surface area contributed by atoms with Crippen LogP contribution in [0.4, 0.5) is 5.69 Å². The van der Waals surface area contributed by atoms with Crippen molar-refractivity contribution >= 4 is 28.5 Å². The molecule has 1 aliphatic rings. The monoisotopic (exact) mass is 573 g/mol. The first kappa shape index (κ1) is 31.8. The van der Waals surface area contributed by atoms with Gasteiger partial charge in [0.2, 0.25) is 0 Å². The predicted octanol–water partition coefficient (Wildman–Crippen LogP) is 8.48. The minimum Gasteiger partial charge on any atom is -0.462 e. The van der Waals surface area contributed by atoms with Crippen LogP contribution in [0.2, 0.25) is 0 Å². The normalized spacial score (nSPS) is 13.9. The summed E-state index contributed by atoms with van der Waals surface area (Å²) in [6, 6.07) is 12.9. The Kier molecular flexibility index (Phi) is 11.6. The van der Waals surface area contributed by atoms with Gasteiger partial charge in [-0.05, 0) is 92.8 Å². The predicted molar refractivity (Wildman–Crippen MR) is 174 cm³/mol. The molecule has 228 valence electrons. The molecule has 1 saturated carbocycles. The highest BCUT2D eigenvalue weighted by molar-refractivity contribution is 6.11. The van der Waals surface area contributed by atoms with Crippen LogP contribution in [0.3, 0.4) is 0 Å². The number of amides is 1. The second kappa shape index (κ2) is 15.4. The molecule has 0 saturated heterocycles. The molecule has 1 aromatic heterocycles. The van der Waals surface area contributed by atoms with E-state index in [0.29, 0.717) is 29.8 Å². The average molecular weight is 574 g/mol. The van der Waals surface area contributed by atoms with Gasteiger partial charge < -0.3 is 15.0 Å². The molecule has 0 aliphatic heterocycles. The zero-order chi connectivity index (χ0) is 30.1. The van der Waals surface area contributed by atoms with Gasteiger partial charge in [0.05, 0.1) is 17.7 Å². The number of nitrogens with zero attached hydrogens (tertiary/aromatic N) is 1. The molecule has 2 N–H and O–H groups in total. The highest BCUT2D eigenvalue weighted by Gasteiger charge is 2.27. The third-order valence-corrected chi connectivity index (χ3v) is 8.97. The van der Waals surface area contributed by atoms with Crippen LogP contribution >= 0.6 is 0 Å². The molecule has 4 rings (SSSR count). The fraction of sp³-hybridized carbons (Fsp3) is 0.556. The van der Waals surface area contributed by atoms with E-state index in [1.54, 1.807) is 12.1 Å². The van der Waals surface area contributed by atoms with Gasteiger partial charge in [-0.25, -0.2) is 4.79 Å². The average Bonchev–Trinajstić information content (AvgIpc) is 3.66. The highest BCUT2D eigenvalue weighted by atomic mass is 16.5. The number of benzene rings is 2. The van der Waals surface area contributed by atoms with Crippen molar-refractivity contribution in [2.24, 2.45) is 0 Å². The van der Waals surface area contributed by atoms with Crippen molar-refractivity contribution in [3.63, 3.8) is 0 Å². The van der Waals surface area contributed by atoms with E-state index in [4.69, 9.17) is 4.74 Å². The standard InChI is InChI=1S/C36H51N3O3/c1-6-13-33-29(20-21-39(27(9-4)10-5)28-14-11-12-15-28)31-24-26(17-19-34(31)38-33)37-35(40)30-18-16-25(8-3)23-32(30)36(41)42-22-7-2/h16-19,23-24,27-28,38H,6-15,20-22H2,1-5H3,(H,37,40). The van der Waals surface area contributed by atoms with E-state index in [-0.39, 0.29) is 5.91 Å². The van der Waals surface area contributed by atoms with Gasteiger partial charge in [-0.3, -0.25) is 9.69 Å². The summed E-state index contributed by atoms with van der Waals surface area (Å²) < 4.78 is 5.41. The molecule has 1 heterocycles. The van der Waals surface area contributed by atoms with Gasteiger partial charge in [0, 0.05) is 40.9 Å². The number of aromatic amines is 1. The lowest BCUT2D eigenvalue weighted by Crippen LogP contribution is -2.42. The molecule has 6 nitrogen and oxygen atoms in total. The molecular formula is C36H51N3O3. The Balaban J connectivity index is 1.61. The highest BCUT2D eigenvalue weighted by Crippen LogP contribution is 2.31. The summed E-state index contributed by atoms with van der Waals surface area (Å²) in [6.45, 7) is 12.3. The summed E-state index contributed by atoms with van der Waals surface area (Å²) in [5.74, 6) is -0.748. The van der Waals surface area contributed by atoms with Crippen molar-refractivity contribution in [3.8, 4) is 0 Å². The Bertz CT molecular complexity index is 1330. The second-order valence-electron chi connectivity index (χ2n) is 11.8. The molecule has 1 aliphatic carbocycles. The van der Waals surface area contributed by atoms with E-state index in [9.17, 15) is 9.59 Å². The van der Waals surface area contributed by atoms with Crippen LogP contribution in [-0.2, 0) is 24.0 Å². The molecule has 0 spiro atoms. The van der Waals surface area contributed by atoms with Crippen LogP contribution in [0.25, 0.3) is 10.9 Å². The third-order valence-electron chi connectivity index (χ3n) is 8.97. The number of hydrogen-bond acceptors (Lipinski definition) is 4. The number of ether oxygens (including phenoxy) is 1. The van der Waals surface area contributed by atoms with E-state index >= 15 is 0 Å². The van der Waals surface area contributed by atoms with E-state index in [0.717, 1.165) is 55.4 Å². The van der Waals surface area contributed by atoms with Crippen LogP contribution in [0, 0.1) is 0 Å². The van der Waals surface area contributed by atoms with E-state index in [1.807, 2.05) is 26.0 Å². The number of aryl methyl sites for hydroxylation is 2. The number of rotatable bonds is 15. The van der Waals surface area contributed by atoms with Crippen LogP contribution in [0.5, 0.6) is 0 Å². The molecule has 2 aromatic carbocycles. The van der Waals surface area contributed by atoms with Crippen LogP contribution in [0.15, 0.2) is 36.4 Å². The molecule has 6 heteroatoms. The lowest BCUT2D eigenvalue weighted by atomic mass is 10.0. The van der Waals surface area contributed by atoms with Gasteiger partial charge in [0.25, 0.3) is 5.91 Å². The van der Waals surface area contributed by atoms with Crippen LogP contribution < -0.4 is 5.32 Å². The van der Waals surface area contributed by atoms with Crippen molar-refractivity contribution in [2.45, 2.75) is 117 Å². The Hall–Kier alpha value is -3.12. The van der Waals surface area contributed by atoms with Gasteiger partial charge in [-0.1, -0.05) is 59.9 Å². The number of carbonyl (C=O) groups excluding carboxylic acids is 2. The first-order chi connectivity index (χ1) is 20.4. The zero-order valence-corrected chi connectivity index (χ0v) is 26.5. The summed E-state index contributed by atoms with van der Waals surface area (Å²) in [7, 11) is 0. The van der Waals surface area contributed by atoms with Crippen LogP contribution in [0.1, 0.15) is 124 Å².